The number of para-hydroxylation sites is 4. The quantitative estimate of drug-likeness (QED) is 0.188. The van der Waals surface area contributed by atoms with Crippen LogP contribution in [0.1, 0.15) is 0 Å². The van der Waals surface area contributed by atoms with Crippen molar-refractivity contribution in [3.8, 4) is 45.8 Å². The van der Waals surface area contributed by atoms with Crippen LogP contribution in [0, 0.1) is 0 Å². The van der Waals surface area contributed by atoms with Crippen LogP contribution >= 0.6 is 0 Å². The van der Waals surface area contributed by atoms with Crippen molar-refractivity contribution in [1.82, 2.24) is 29.1 Å². The molecule has 0 aliphatic heterocycles. The average Bonchev–Trinajstić information content (AvgIpc) is 3.71. The molecule has 234 valence electrons. The zero-order valence-electron chi connectivity index (χ0n) is 26.8. The summed E-state index contributed by atoms with van der Waals surface area (Å²) in [5.74, 6) is 2.37. The number of hydrogen-bond donors (Lipinski definition) is 0. The normalized spacial score (nSPS) is 11.6. The number of fused-ring (bicyclic) bond motifs is 6. The Balaban J connectivity index is 1.31. The van der Waals surface area contributed by atoms with Crippen molar-refractivity contribution in [2.75, 3.05) is 0 Å². The van der Waals surface area contributed by atoms with E-state index in [9.17, 15) is 0 Å². The Hall–Kier alpha value is -6.92. The molecule has 10 aromatic rings. The third-order valence-corrected chi connectivity index (χ3v) is 9.38. The van der Waals surface area contributed by atoms with Gasteiger partial charge in [0.05, 0.1) is 33.5 Å². The smallest absolute Gasteiger partial charge is 0.201 e. The van der Waals surface area contributed by atoms with E-state index >= 15 is 0 Å². The lowest BCUT2D eigenvalue weighted by atomic mass is 10.1. The van der Waals surface area contributed by atoms with E-state index in [0.717, 1.165) is 77.8 Å². The zero-order chi connectivity index (χ0) is 33.0. The van der Waals surface area contributed by atoms with E-state index in [0.29, 0.717) is 11.6 Å². The molecule has 0 unspecified atom stereocenters. The highest BCUT2D eigenvalue weighted by Gasteiger charge is 2.21. The Kier molecular flexibility index (Phi) is 6.39. The summed E-state index contributed by atoms with van der Waals surface area (Å²) in [7, 11) is 0. The summed E-state index contributed by atoms with van der Waals surface area (Å²) in [6, 6.07) is 58.5. The maximum atomic E-state index is 5.30. The van der Waals surface area contributed by atoms with Gasteiger partial charge in [0.1, 0.15) is 11.6 Å². The Labute approximate surface area is 287 Å². The lowest BCUT2D eigenvalue weighted by molar-refractivity contribution is 0.975. The van der Waals surface area contributed by atoms with Crippen molar-refractivity contribution < 1.29 is 0 Å². The third-order valence-electron chi connectivity index (χ3n) is 9.38. The predicted octanol–water partition coefficient (Wildman–Crippen LogP) is 10.5. The molecule has 0 amide bonds. The van der Waals surface area contributed by atoms with E-state index < -0.39 is 0 Å². The molecule has 0 saturated carbocycles. The SMILES string of the molecule is c1ccc(-c2cc(-c3ccccc3)nc(-c3nc(-n4c5ccccc5c5ccccc54)cc(-n4c5ccccc5c5ccccc54)n3)n2)cc1. The summed E-state index contributed by atoms with van der Waals surface area (Å²) in [4.78, 5) is 20.9. The second kappa shape index (κ2) is 11.4. The van der Waals surface area contributed by atoms with Gasteiger partial charge in [-0.25, -0.2) is 19.9 Å². The summed E-state index contributed by atoms with van der Waals surface area (Å²) in [5.41, 5.74) is 7.86. The standard InChI is InChI=1S/C44H28N6/c1-3-15-29(16-4-1)35-27-36(30-17-5-2-6-18-30)46-43(45-35)44-47-41(49-37-23-11-7-19-31(37)32-20-8-12-24-38(32)49)28-42(48-44)50-39-25-13-9-21-33(39)34-22-10-14-26-40(34)50/h1-28H. The summed E-state index contributed by atoms with van der Waals surface area (Å²) in [6.07, 6.45) is 0. The number of nitrogens with zero attached hydrogens (tertiary/aromatic N) is 6. The van der Waals surface area contributed by atoms with Gasteiger partial charge >= 0.3 is 0 Å². The number of rotatable bonds is 5. The van der Waals surface area contributed by atoms with Crippen LogP contribution in [0.15, 0.2) is 170 Å². The van der Waals surface area contributed by atoms with E-state index in [-0.39, 0.29) is 0 Å². The summed E-state index contributed by atoms with van der Waals surface area (Å²) < 4.78 is 4.46. The molecule has 0 fully saturated rings. The van der Waals surface area contributed by atoms with Crippen molar-refractivity contribution in [2.24, 2.45) is 0 Å². The topological polar surface area (TPSA) is 61.4 Å². The van der Waals surface area contributed by atoms with E-state index in [1.807, 2.05) is 42.5 Å². The average molecular weight is 641 g/mol. The van der Waals surface area contributed by atoms with Crippen LogP contribution in [0.3, 0.4) is 0 Å². The van der Waals surface area contributed by atoms with Crippen molar-refractivity contribution in [3.05, 3.63) is 170 Å². The molecule has 6 heteroatoms. The second-order valence-corrected chi connectivity index (χ2v) is 12.3. The Morgan fingerprint density at radius 3 is 1.00 bits per heavy atom. The molecule has 0 saturated heterocycles. The van der Waals surface area contributed by atoms with E-state index in [1.54, 1.807) is 0 Å². The van der Waals surface area contributed by atoms with Crippen LogP contribution in [0.2, 0.25) is 0 Å². The van der Waals surface area contributed by atoms with Crippen molar-refractivity contribution >= 4 is 43.6 Å². The van der Waals surface area contributed by atoms with E-state index in [4.69, 9.17) is 19.9 Å². The first-order valence-corrected chi connectivity index (χ1v) is 16.7. The molecular weight excluding hydrogens is 613 g/mol. The van der Waals surface area contributed by atoms with Gasteiger partial charge in [0, 0.05) is 38.7 Å². The predicted molar refractivity (Wildman–Crippen MR) is 203 cm³/mol. The Morgan fingerprint density at radius 2 is 0.620 bits per heavy atom. The van der Waals surface area contributed by atoms with Gasteiger partial charge in [-0.3, -0.25) is 9.13 Å². The highest BCUT2D eigenvalue weighted by atomic mass is 15.2. The van der Waals surface area contributed by atoms with Gasteiger partial charge in [-0.2, -0.15) is 0 Å². The first-order chi connectivity index (χ1) is 24.8. The van der Waals surface area contributed by atoms with Crippen molar-refractivity contribution in [1.29, 1.82) is 0 Å². The zero-order valence-corrected chi connectivity index (χ0v) is 26.8. The first-order valence-electron chi connectivity index (χ1n) is 16.7. The molecule has 0 radical (unpaired) electrons. The molecule has 10 rings (SSSR count). The maximum Gasteiger partial charge on any atom is 0.201 e. The molecular formula is C44H28N6. The minimum atomic E-state index is 0.441. The van der Waals surface area contributed by atoms with Crippen LogP contribution in [0.5, 0.6) is 0 Å². The van der Waals surface area contributed by atoms with Crippen molar-refractivity contribution in [3.63, 3.8) is 0 Å². The van der Waals surface area contributed by atoms with Crippen LogP contribution in [-0.4, -0.2) is 29.1 Å². The van der Waals surface area contributed by atoms with Gasteiger partial charge in [0.2, 0.25) is 5.82 Å². The summed E-state index contributed by atoms with van der Waals surface area (Å²) >= 11 is 0. The van der Waals surface area contributed by atoms with Gasteiger partial charge in [0.15, 0.2) is 5.82 Å². The van der Waals surface area contributed by atoms with Crippen LogP contribution in [0.25, 0.3) is 89.4 Å². The van der Waals surface area contributed by atoms with Crippen LogP contribution in [0.4, 0.5) is 0 Å². The highest BCUT2D eigenvalue weighted by Crippen LogP contribution is 2.35. The maximum absolute atomic E-state index is 5.30. The fourth-order valence-corrected chi connectivity index (χ4v) is 7.15. The third kappa shape index (κ3) is 4.50. The monoisotopic (exact) mass is 640 g/mol. The lowest BCUT2D eigenvalue weighted by Crippen LogP contribution is -2.08. The molecule has 0 aliphatic carbocycles. The minimum Gasteiger partial charge on any atom is -0.294 e. The molecule has 4 heterocycles. The number of benzene rings is 6. The summed E-state index contributed by atoms with van der Waals surface area (Å²) in [5, 5.41) is 4.65. The molecule has 0 bridgehead atoms. The molecule has 0 aliphatic rings. The minimum absolute atomic E-state index is 0.441. The van der Waals surface area contributed by atoms with Gasteiger partial charge < -0.3 is 0 Å². The Morgan fingerprint density at radius 1 is 0.300 bits per heavy atom. The molecule has 50 heavy (non-hydrogen) atoms. The molecule has 0 spiro atoms. The van der Waals surface area contributed by atoms with Gasteiger partial charge in [0.25, 0.3) is 0 Å². The fourth-order valence-electron chi connectivity index (χ4n) is 7.15. The summed E-state index contributed by atoms with van der Waals surface area (Å²) in [6.45, 7) is 0. The molecule has 6 nitrogen and oxygen atoms in total. The number of hydrogen-bond acceptors (Lipinski definition) is 4. The molecule has 4 aromatic heterocycles. The molecule has 0 atom stereocenters. The van der Waals surface area contributed by atoms with Gasteiger partial charge in [-0.05, 0) is 30.3 Å². The first kappa shape index (κ1) is 28.1. The second-order valence-electron chi connectivity index (χ2n) is 12.3. The fraction of sp³-hybridized carbons (Fsp3) is 0. The molecule has 0 N–H and O–H groups in total. The van der Waals surface area contributed by atoms with Gasteiger partial charge in [-0.1, -0.05) is 133 Å². The lowest BCUT2D eigenvalue weighted by Gasteiger charge is -2.14. The van der Waals surface area contributed by atoms with E-state index in [2.05, 4.69) is 137 Å². The van der Waals surface area contributed by atoms with Crippen molar-refractivity contribution in [2.45, 2.75) is 0 Å². The number of aromatic nitrogens is 6. The van der Waals surface area contributed by atoms with Crippen LogP contribution < -0.4 is 0 Å². The Bertz CT molecular complexity index is 2570. The van der Waals surface area contributed by atoms with Gasteiger partial charge in [-0.15, -0.1) is 0 Å². The highest BCUT2D eigenvalue weighted by molar-refractivity contribution is 6.10. The molecule has 6 aromatic carbocycles. The van der Waals surface area contributed by atoms with Crippen LogP contribution in [-0.2, 0) is 0 Å². The van der Waals surface area contributed by atoms with E-state index in [1.165, 1.54) is 0 Å². The largest absolute Gasteiger partial charge is 0.294 e.